The Morgan fingerprint density at radius 2 is 2.25 bits per heavy atom. The quantitative estimate of drug-likeness (QED) is 0.707. The van der Waals surface area contributed by atoms with Gasteiger partial charge in [-0.05, 0) is 32.4 Å². The van der Waals surface area contributed by atoms with Crippen molar-refractivity contribution in [2.75, 3.05) is 6.54 Å². The second-order valence-corrected chi connectivity index (χ2v) is 4.32. The topological polar surface area (TPSA) is 25.2 Å². The average Bonchev–Trinajstić information content (AvgIpc) is 2.71. The maximum Gasteiger partial charge on any atom is 0.108 e. The molecule has 0 aliphatic rings. The van der Waals surface area contributed by atoms with Gasteiger partial charge in [-0.15, -0.1) is 6.58 Å². The molecule has 0 radical (unpaired) electrons. The Labute approximate surface area is 98.7 Å². The van der Waals surface area contributed by atoms with Gasteiger partial charge in [0.2, 0.25) is 0 Å². The lowest BCUT2D eigenvalue weighted by molar-refractivity contribution is 0.481. The summed E-state index contributed by atoms with van der Waals surface area (Å²) in [5, 5.41) is 3.56. The van der Waals surface area contributed by atoms with Crippen molar-refractivity contribution in [1.29, 1.82) is 0 Å². The molecule has 0 saturated carbocycles. The van der Waals surface area contributed by atoms with Crippen LogP contribution in [0.25, 0.3) is 0 Å². The molecule has 90 valence electrons. The molecule has 0 bridgehead atoms. The van der Waals surface area contributed by atoms with Crippen LogP contribution in [0.3, 0.4) is 0 Å². The summed E-state index contributed by atoms with van der Waals surface area (Å²) >= 11 is 0. The molecule has 0 aromatic carbocycles. The molecule has 0 aliphatic carbocycles. The average molecular weight is 221 g/mol. The van der Waals surface area contributed by atoms with Crippen LogP contribution in [0.5, 0.6) is 0 Å². The Morgan fingerprint density at radius 3 is 2.81 bits per heavy atom. The predicted molar refractivity (Wildman–Crippen MR) is 68.6 cm³/mol. The van der Waals surface area contributed by atoms with Gasteiger partial charge in [-0.2, -0.15) is 0 Å². The van der Waals surface area contributed by atoms with Gasteiger partial charge in [-0.3, -0.25) is 0 Å². The molecule has 1 rings (SSSR count). The van der Waals surface area contributed by atoms with Gasteiger partial charge in [-0.25, -0.2) is 0 Å². The molecular formula is C14H23NO. The van der Waals surface area contributed by atoms with Crippen LogP contribution in [0.4, 0.5) is 0 Å². The third kappa shape index (κ3) is 3.53. The predicted octanol–water partition coefficient (Wildman–Crippen LogP) is 3.85. The van der Waals surface area contributed by atoms with E-state index in [1.165, 1.54) is 11.1 Å². The second-order valence-electron chi connectivity index (χ2n) is 4.32. The highest BCUT2D eigenvalue weighted by Gasteiger charge is 2.16. The number of hydrogen-bond acceptors (Lipinski definition) is 2. The van der Waals surface area contributed by atoms with E-state index in [1.807, 2.05) is 0 Å². The molecule has 0 spiro atoms. The highest BCUT2D eigenvalue weighted by Crippen LogP contribution is 2.25. The zero-order chi connectivity index (χ0) is 12.0. The molecule has 1 unspecified atom stereocenters. The lowest BCUT2D eigenvalue weighted by Crippen LogP contribution is -2.22. The number of aryl methyl sites for hydroxylation is 1. The van der Waals surface area contributed by atoms with Crippen molar-refractivity contribution in [3.63, 3.8) is 0 Å². The summed E-state index contributed by atoms with van der Waals surface area (Å²) < 4.78 is 5.49. The number of nitrogens with one attached hydrogen (secondary N) is 1. The summed E-state index contributed by atoms with van der Waals surface area (Å²) in [6.07, 6.45) is 4.86. The minimum atomic E-state index is 0.353. The molecule has 0 amide bonds. The maximum absolute atomic E-state index is 5.49. The third-order valence-corrected chi connectivity index (χ3v) is 2.67. The molecule has 1 N–H and O–H groups in total. The van der Waals surface area contributed by atoms with E-state index in [9.17, 15) is 0 Å². The van der Waals surface area contributed by atoms with Gasteiger partial charge < -0.3 is 9.73 Å². The van der Waals surface area contributed by atoms with Gasteiger partial charge in [0.1, 0.15) is 5.76 Å². The first-order chi connectivity index (χ1) is 7.69. The van der Waals surface area contributed by atoms with Crippen LogP contribution in [0, 0.1) is 0 Å². The Balaban J connectivity index is 2.78. The summed E-state index contributed by atoms with van der Waals surface area (Å²) in [5.41, 5.74) is 2.50. The van der Waals surface area contributed by atoms with Gasteiger partial charge in [0, 0.05) is 18.0 Å². The lowest BCUT2D eigenvalue weighted by atomic mass is 9.99. The first-order valence-corrected chi connectivity index (χ1v) is 6.13. The standard InChI is InChI=1S/C14H23NO/c1-5-8-15-13(10-11(3)4)12-7-9-16-14(12)6-2/h7,9,13,15H,3,5-6,8,10H2,1-2,4H3. The molecule has 0 fully saturated rings. The molecular weight excluding hydrogens is 198 g/mol. The first-order valence-electron chi connectivity index (χ1n) is 6.13. The Bertz CT molecular complexity index is 327. The van der Waals surface area contributed by atoms with Crippen molar-refractivity contribution in [2.45, 2.75) is 46.1 Å². The molecule has 0 saturated heterocycles. The number of furan rings is 1. The number of rotatable bonds is 7. The Kier molecular flexibility index (Phi) is 5.33. The van der Waals surface area contributed by atoms with Crippen LogP contribution in [0.1, 0.15) is 51.0 Å². The van der Waals surface area contributed by atoms with Crippen molar-refractivity contribution in [3.8, 4) is 0 Å². The SMILES string of the molecule is C=C(C)CC(NCCC)c1ccoc1CC. The van der Waals surface area contributed by atoms with Gasteiger partial charge >= 0.3 is 0 Å². The van der Waals surface area contributed by atoms with Crippen molar-refractivity contribution < 1.29 is 4.42 Å². The molecule has 1 heterocycles. The van der Waals surface area contributed by atoms with Crippen LogP contribution in [0.2, 0.25) is 0 Å². The first kappa shape index (κ1) is 13.0. The van der Waals surface area contributed by atoms with Crippen LogP contribution in [-0.4, -0.2) is 6.54 Å². The van der Waals surface area contributed by atoms with Gasteiger partial charge in [0.25, 0.3) is 0 Å². The van der Waals surface area contributed by atoms with E-state index in [-0.39, 0.29) is 0 Å². The third-order valence-electron chi connectivity index (χ3n) is 2.67. The minimum Gasteiger partial charge on any atom is -0.469 e. The highest BCUT2D eigenvalue weighted by molar-refractivity contribution is 5.23. The van der Waals surface area contributed by atoms with Crippen LogP contribution >= 0.6 is 0 Å². The van der Waals surface area contributed by atoms with Crippen molar-refractivity contribution in [1.82, 2.24) is 5.32 Å². The van der Waals surface area contributed by atoms with Crippen LogP contribution < -0.4 is 5.32 Å². The summed E-state index contributed by atoms with van der Waals surface area (Å²) in [6.45, 7) is 11.4. The van der Waals surface area contributed by atoms with E-state index in [4.69, 9.17) is 4.42 Å². The summed E-state index contributed by atoms with van der Waals surface area (Å²) in [5.74, 6) is 1.09. The minimum absolute atomic E-state index is 0.353. The molecule has 16 heavy (non-hydrogen) atoms. The van der Waals surface area contributed by atoms with Crippen molar-refractivity contribution in [3.05, 3.63) is 35.8 Å². The van der Waals surface area contributed by atoms with Gasteiger partial charge in [-0.1, -0.05) is 19.4 Å². The highest BCUT2D eigenvalue weighted by atomic mass is 16.3. The van der Waals surface area contributed by atoms with Crippen molar-refractivity contribution in [2.24, 2.45) is 0 Å². The van der Waals surface area contributed by atoms with E-state index in [0.29, 0.717) is 6.04 Å². The fourth-order valence-corrected chi connectivity index (χ4v) is 1.91. The Morgan fingerprint density at radius 1 is 1.50 bits per heavy atom. The molecule has 1 atom stereocenters. The zero-order valence-corrected chi connectivity index (χ0v) is 10.7. The van der Waals surface area contributed by atoms with Crippen molar-refractivity contribution >= 4 is 0 Å². The van der Waals surface area contributed by atoms with E-state index in [1.54, 1.807) is 6.26 Å². The van der Waals surface area contributed by atoms with E-state index >= 15 is 0 Å². The summed E-state index contributed by atoms with van der Waals surface area (Å²) in [4.78, 5) is 0. The maximum atomic E-state index is 5.49. The zero-order valence-electron chi connectivity index (χ0n) is 10.7. The summed E-state index contributed by atoms with van der Waals surface area (Å²) in [7, 11) is 0. The fraction of sp³-hybridized carbons (Fsp3) is 0.571. The summed E-state index contributed by atoms with van der Waals surface area (Å²) in [6, 6.07) is 2.43. The fourth-order valence-electron chi connectivity index (χ4n) is 1.91. The van der Waals surface area contributed by atoms with Crippen LogP contribution in [-0.2, 0) is 6.42 Å². The largest absolute Gasteiger partial charge is 0.469 e. The normalized spacial score (nSPS) is 12.7. The monoisotopic (exact) mass is 221 g/mol. The van der Waals surface area contributed by atoms with E-state index in [0.717, 1.165) is 31.6 Å². The van der Waals surface area contributed by atoms with E-state index < -0.39 is 0 Å². The molecule has 2 nitrogen and oxygen atoms in total. The molecule has 1 aromatic heterocycles. The smallest absolute Gasteiger partial charge is 0.108 e. The molecule has 1 aromatic rings. The van der Waals surface area contributed by atoms with E-state index in [2.05, 4.69) is 38.7 Å². The van der Waals surface area contributed by atoms with Crippen LogP contribution in [0.15, 0.2) is 28.9 Å². The van der Waals surface area contributed by atoms with Gasteiger partial charge in [0.15, 0.2) is 0 Å². The second kappa shape index (κ2) is 6.54. The van der Waals surface area contributed by atoms with Gasteiger partial charge in [0.05, 0.1) is 6.26 Å². The number of hydrogen-bond donors (Lipinski definition) is 1. The molecule has 2 heteroatoms. The molecule has 0 aliphatic heterocycles. The Hall–Kier alpha value is -1.02. The lowest BCUT2D eigenvalue weighted by Gasteiger charge is -2.18.